The van der Waals surface area contributed by atoms with E-state index in [9.17, 15) is 14.0 Å². The van der Waals surface area contributed by atoms with Gasteiger partial charge in [-0.2, -0.15) is 0 Å². The molecular formula is C11H10FNO2. The first-order chi connectivity index (χ1) is 7.09. The highest BCUT2D eigenvalue weighted by atomic mass is 19.1. The highest BCUT2D eigenvalue weighted by molar-refractivity contribution is 6.09. The maximum Gasteiger partial charge on any atom is 0.230 e. The Morgan fingerprint density at radius 3 is 2.47 bits per heavy atom. The van der Waals surface area contributed by atoms with Crippen molar-refractivity contribution in [1.29, 1.82) is 0 Å². The maximum atomic E-state index is 12.7. The second-order valence-electron chi connectivity index (χ2n) is 3.57. The van der Waals surface area contributed by atoms with Gasteiger partial charge >= 0.3 is 0 Å². The Morgan fingerprint density at radius 2 is 2.00 bits per heavy atom. The lowest BCUT2D eigenvalue weighted by Crippen LogP contribution is -2.56. The predicted octanol–water partition coefficient (Wildman–Crippen LogP) is 1.52. The molecule has 0 saturated carbocycles. The number of hydrogen-bond acceptors (Lipinski definition) is 2. The summed E-state index contributed by atoms with van der Waals surface area (Å²) in [5, 5.41) is 0. The van der Waals surface area contributed by atoms with Gasteiger partial charge in [0, 0.05) is 5.69 Å². The molecule has 1 aliphatic heterocycles. The largest absolute Gasteiger partial charge is 0.301 e. The van der Waals surface area contributed by atoms with Crippen LogP contribution in [0.1, 0.15) is 13.3 Å². The molecule has 78 valence electrons. The van der Waals surface area contributed by atoms with Crippen LogP contribution in [-0.4, -0.2) is 17.7 Å². The molecule has 4 heteroatoms. The number of hydrogen-bond donors (Lipinski definition) is 0. The second kappa shape index (κ2) is 3.46. The summed E-state index contributed by atoms with van der Waals surface area (Å²) in [6.07, 6.45) is 0.257. The Bertz CT molecular complexity index is 413. The third kappa shape index (κ3) is 1.63. The first-order valence-corrected chi connectivity index (χ1v) is 4.67. The van der Waals surface area contributed by atoms with E-state index >= 15 is 0 Å². The molecule has 1 unspecified atom stereocenters. The number of anilines is 1. The van der Waals surface area contributed by atoms with Crippen molar-refractivity contribution >= 4 is 17.4 Å². The van der Waals surface area contributed by atoms with Gasteiger partial charge in [-0.15, -0.1) is 0 Å². The molecule has 1 aromatic carbocycles. The van der Waals surface area contributed by atoms with Gasteiger partial charge in [0.05, 0.1) is 6.42 Å². The molecule has 0 spiro atoms. The highest BCUT2D eigenvalue weighted by Crippen LogP contribution is 2.28. The number of benzene rings is 1. The topological polar surface area (TPSA) is 37.4 Å². The fourth-order valence-corrected chi connectivity index (χ4v) is 1.67. The Morgan fingerprint density at radius 1 is 1.40 bits per heavy atom. The Kier molecular flexibility index (Phi) is 2.26. The number of β-lactam (4-membered cyclic amide) rings is 1. The van der Waals surface area contributed by atoms with E-state index in [1.54, 1.807) is 0 Å². The molecular weight excluding hydrogens is 197 g/mol. The first kappa shape index (κ1) is 9.83. The third-order valence-electron chi connectivity index (χ3n) is 2.52. The number of Topliss-reactive ketones (excluding diaryl/α,β-unsaturated/α-hetero) is 1. The van der Waals surface area contributed by atoms with E-state index in [4.69, 9.17) is 0 Å². The zero-order valence-corrected chi connectivity index (χ0v) is 8.24. The molecule has 1 aromatic rings. The molecule has 1 saturated heterocycles. The van der Waals surface area contributed by atoms with Gasteiger partial charge in [-0.1, -0.05) is 0 Å². The molecule has 1 fully saturated rings. The number of halogens is 1. The molecule has 2 rings (SSSR count). The van der Waals surface area contributed by atoms with Gasteiger partial charge in [-0.05, 0) is 31.2 Å². The molecule has 0 aliphatic carbocycles. The number of rotatable bonds is 2. The van der Waals surface area contributed by atoms with Crippen LogP contribution in [0.25, 0.3) is 0 Å². The minimum atomic E-state index is -0.372. The molecule has 0 bridgehead atoms. The van der Waals surface area contributed by atoms with Crippen molar-refractivity contribution in [3.8, 4) is 0 Å². The smallest absolute Gasteiger partial charge is 0.230 e. The Hall–Kier alpha value is -1.71. The number of carbonyl (C=O) groups excluding carboxylic acids is 2. The average Bonchev–Trinajstić information content (AvgIpc) is 2.17. The lowest BCUT2D eigenvalue weighted by atomic mass is 9.97. The van der Waals surface area contributed by atoms with Crippen LogP contribution < -0.4 is 4.90 Å². The van der Waals surface area contributed by atoms with Crippen LogP contribution in [-0.2, 0) is 9.59 Å². The second-order valence-corrected chi connectivity index (χ2v) is 3.57. The summed E-state index contributed by atoms with van der Waals surface area (Å²) < 4.78 is 12.7. The standard InChI is InChI=1S/C11H10FNO2/c1-7(14)10-6-11(15)13(10)9-4-2-8(12)3-5-9/h2-5,10H,6H2,1H3. The van der Waals surface area contributed by atoms with Crippen LogP contribution in [0.2, 0.25) is 0 Å². The van der Waals surface area contributed by atoms with Gasteiger partial charge in [-0.25, -0.2) is 4.39 Å². The van der Waals surface area contributed by atoms with E-state index in [0.29, 0.717) is 5.69 Å². The van der Waals surface area contributed by atoms with Crippen molar-refractivity contribution in [2.45, 2.75) is 19.4 Å². The van der Waals surface area contributed by atoms with E-state index in [2.05, 4.69) is 0 Å². The van der Waals surface area contributed by atoms with Crippen LogP contribution in [0.15, 0.2) is 24.3 Å². The summed E-state index contributed by atoms with van der Waals surface area (Å²) in [4.78, 5) is 23.9. The van der Waals surface area contributed by atoms with Crippen molar-refractivity contribution in [1.82, 2.24) is 0 Å². The Balaban J connectivity index is 2.26. The van der Waals surface area contributed by atoms with E-state index in [0.717, 1.165) is 0 Å². The van der Waals surface area contributed by atoms with Crippen molar-refractivity contribution in [2.24, 2.45) is 0 Å². The van der Waals surface area contributed by atoms with Gasteiger partial charge in [0.2, 0.25) is 5.91 Å². The van der Waals surface area contributed by atoms with Crippen molar-refractivity contribution < 1.29 is 14.0 Å². The van der Waals surface area contributed by atoms with Gasteiger partial charge in [0.25, 0.3) is 0 Å². The fraction of sp³-hybridized carbons (Fsp3) is 0.273. The number of ketones is 1. The number of amides is 1. The van der Waals surface area contributed by atoms with Gasteiger partial charge in [-0.3, -0.25) is 9.59 Å². The van der Waals surface area contributed by atoms with Crippen molar-refractivity contribution in [2.75, 3.05) is 4.90 Å². The van der Waals surface area contributed by atoms with Crippen LogP contribution in [0, 0.1) is 5.82 Å². The van der Waals surface area contributed by atoms with E-state index in [-0.39, 0.29) is 30.0 Å². The van der Waals surface area contributed by atoms with Gasteiger partial charge in [0.1, 0.15) is 11.9 Å². The van der Waals surface area contributed by atoms with Crippen molar-refractivity contribution in [3.63, 3.8) is 0 Å². The monoisotopic (exact) mass is 207 g/mol. The fourth-order valence-electron chi connectivity index (χ4n) is 1.67. The summed E-state index contributed by atoms with van der Waals surface area (Å²) in [6, 6.07) is 5.18. The van der Waals surface area contributed by atoms with E-state index in [1.165, 1.54) is 36.1 Å². The average molecular weight is 207 g/mol. The SMILES string of the molecule is CC(=O)C1CC(=O)N1c1ccc(F)cc1. The zero-order valence-electron chi connectivity index (χ0n) is 8.24. The summed E-state index contributed by atoms with van der Waals surface area (Å²) >= 11 is 0. The normalized spacial score (nSPS) is 20.0. The van der Waals surface area contributed by atoms with Crippen LogP contribution >= 0.6 is 0 Å². The maximum absolute atomic E-state index is 12.7. The summed E-state index contributed by atoms with van der Waals surface area (Å²) in [7, 11) is 0. The van der Waals surface area contributed by atoms with E-state index < -0.39 is 0 Å². The summed E-state index contributed by atoms with van der Waals surface area (Å²) in [6.45, 7) is 1.45. The molecule has 1 aliphatic rings. The molecule has 0 N–H and O–H groups in total. The number of carbonyl (C=O) groups is 2. The summed E-state index contributed by atoms with van der Waals surface area (Å²) in [5.41, 5.74) is 0.577. The molecule has 0 radical (unpaired) electrons. The molecule has 0 aromatic heterocycles. The van der Waals surface area contributed by atoms with Crippen molar-refractivity contribution in [3.05, 3.63) is 30.1 Å². The number of nitrogens with zero attached hydrogens (tertiary/aromatic N) is 1. The Labute approximate surface area is 86.5 Å². The van der Waals surface area contributed by atoms with E-state index in [1.807, 2.05) is 0 Å². The molecule has 1 atom stereocenters. The molecule has 15 heavy (non-hydrogen) atoms. The zero-order chi connectivity index (χ0) is 11.0. The lowest BCUT2D eigenvalue weighted by molar-refractivity contribution is -0.131. The summed E-state index contributed by atoms with van der Waals surface area (Å²) in [5.74, 6) is -0.494. The predicted molar refractivity (Wildman–Crippen MR) is 53.0 cm³/mol. The lowest BCUT2D eigenvalue weighted by Gasteiger charge is -2.38. The minimum Gasteiger partial charge on any atom is -0.301 e. The first-order valence-electron chi connectivity index (χ1n) is 4.67. The molecule has 1 heterocycles. The minimum absolute atomic E-state index is 0.0427. The quantitative estimate of drug-likeness (QED) is 0.689. The highest BCUT2D eigenvalue weighted by Gasteiger charge is 2.39. The van der Waals surface area contributed by atoms with Gasteiger partial charge < -0.3 is 4.90 Å². The van der Waals surface area contributed by atoms with Crippen LogP contribution in [0.5, 0.6) is 0 Å². The van der Waals surface area contributed by atoms with Crippen LogP contribution in [0.4, 0.5) is 10.1 Å². The third-order valence-corrected chi connectivity index (χ3v) is 2.52. The molecule has 3 nitrogen and oxygen atoms in total. The molecule has 1 amide bonds. The van der Waals surface area contributed by atoms with Crippen LogP contribution in [0.3, 0.4) is 0 Å². The van der Waals surface area contributed by atoms with Gasteiger partial charge in [0.15, 0.2) is 5.78 Å².